The average Bonchev–Trinajstić information content (AvgIpc) is 3.16. The molecule has 1 aliphatic heterocycles. The Morgan fingerprint density at radius 1 is 1.24 bits per heavy atom. The number of methoxy groups -OCH3 is 1. The standard InChI is InChI=1S/C19H22N4OS/c1-13-8-14(2)23(21-13)15-10-22(11-15)12-16-9-20-19(25-16)17-6-4-5-7-18(17)24-3/h4-9,15H,10-12H2,1-3H3. The van der Waals surface area contributed by atoms with Crippen molar-refractivity contribution in [3.05, 3.63) is 52.8 Å². The lowest BCUT2D eigenvalue weighted by Crippen LogP contribution is -2.47. The van der Waals surface area contributed by atoms with Crippen molar-refractivity contribution in [1.82, 2.24) is 19.7 Å². The van der Waals surface area contributed by atoms with E-state index in [1.807, 2.05) is 24.4 Å². The molecular weight excluding hydrogens is 332 g/mol. The highest BCUT2D eigenvalue weighted by Crippen LogP contribution is 2.34. The van der Waals surface area contributed by atoms with Gasteiger partial charge >= 0.3 is 0 Å². The number of aryl methyl sites for hydroxylation is 2. The molecule has 0 amide bonds. The molecule has 2 aromatic heterocycles. The molecule has 0 radical (unpaired) electrons. The Morgan fingerprint density at radius 3 is 2.76 bits per heavy atom. The second-order valence-electron chi connectivity index (χ2n) is 6.55. The molecule has 5 nitrogen and oxygen atoms in total. The van der Waals surface area contributed by atoms with Gasteiger partial charge in [-0.2, -0.15) is 5.10 Å². The molecule has 1 aromatic carbocycles. The molecule has 0 saturated carbocycles. The number of ether oxygens (including phenoxy) is 1. The molecule has 1 aliphatic rings. The number of hydrogen-bond donors (Lipinski definition) is 0. The third kappa shape index (κ3) is 3.19. The van der Waals surface area contributed by atoms with Crippen LogP contribution in [0.2, 0.25) is 0 Å². The van der Waals surface area contributed by atoms with Gasteiger partial charge in [-0.05, 0) is 32.0 Å². The van der Waals surface area contributed by atoms with Gasteiger partial charge in [-0.3, -0.25) is 9.58 Å². The van der Waals surface area contributed by atoms with Crippen molar-refractivity contribution in [2.24, 2.45) is 0 Å². The SMILES string of the molecule is COc1ccccc1-c1ncc(CN2CC(n3nc(C)cc3C)C2)s1. The van der Waals surface area contributed by atoms with Gasteiger partial charge in [0.25, 0.3) is 0 Å². The number of likely N-dealkylation sites (tertiary alicyclic amines) is 1. The molecule has 0 atom stereocenters. The fourth-order valence-electron chi connectivity index (χ4n) is 3.39. The van der Waals surface area contributed by atoms with Crippen LogP contribution in [0.1, 0.15) is 22.3 Å². The van der Waals surface area contributed by atoms with Crippen LogP contribution in [0.3, 0.4) is 0 Å². The summed E-state index contributed by atoms with van der Waals surface area (Å²) < 4.78 is 7.61. The van der Waals surface area contributed by atoms with E-state index >= 15 is 0 Å². The van der Waals surface area contributed by atoms with Crippen LogP contribution in [0.5, 0.6) is 5.75 Å². The first-order chi connectivity index (χ1) is 12.1. The lowest BCUT2D eigenvalue weighted by Gasteiger charge is -2.39. The van der Waals surface area contributed by atoms with Gasteiger partial charge in [0.1, 0.15) is 10.8 Å². The third-order valence-electron chi connectivity index (χ3n) is 4.60. The highest BCUT2D eigenvalue weighted by molar-refractivity contribution is 7.15. The van der Waals surface area contributed by atoms with Gasteiger partial charge in [-0.25, -0.2) is 4.98 Å². The van der Waals surface area contributed by atoms with Crippen molar-refractivity contribution >= 4 is 11.3 Å². The van der Waals surface area contributed by atoms with E-state index in [-0.39, 0.29) is 0 Å². The fourth-order valence-corrected chi connectivity index (χ4v) is 4.37. The molecule has 6 heteroatoms. The molecule has 0 bridgehead atoms. The van der Waals surface area contributed by atoms with E-state index < -0.39 is 0 Å². The summed E-state index contributed by atoms with van der Waals surface area (Å²) in [4.78, 5) is 8.33. The molecule has 130 valence electrons. The summed E-state index contributed by atoms with van der Waals surface area (Å²) in [5.41, 5.74) is 3.41. The Bertz CT molecular complexity index is 879. The van der Waals surface area contributed by atoms with Gasteiger partial charge in [0.05, 0.1) is 24.4 Å². The molecule has 3 heterocycles. The van der Waals surface area contributed by atoms with Crippen LogP contribution >= 0.6 is 11.3 Å². The minimum Gasteiger partial charge on any atom is -0.496 e. The molecule has 1 saturated heterocycles. The van der Waals surface area contributed by atoms with Gasteiger partial charge in [-0.15, -0.1) is 11.3 Å². The van der Waals surface area contributed by atoms with Gasteiger partial charge in [-0.1, -0.05) is 12.1 Å². The molecule has 1 fully saturated rings. The summed E-state index contributed by atoms with van der Waals surface area (Å²) in [5, 5.41) is 5.62. The second kappa shape index (κ2) is 6.61. The molecule has 0 aliphatic carbocycles. The highest BCUT2D eigenvalue weighted by Gasteiger charge is 2.30. The highest BCUT2D eigenvalue weighted by atomic mass is 32.1. The summed E-state index contributed by atoms with van der Waals surface area (Å²) in [6.45, 7) is 7.22. The van der Waals surface area contributed by atoms with Crippen LogP contribution in [-0.4, -0.2) is 39.9 Å². The number of hydrogen-bond acceptors (Lipinski definition) is 5. The number of para-hydroxylation sites is 1. The predicted octanol–water partition coefficient (Wildman–Crippen LogP) is 3.69. The maximum absolute atomic E-state index is 5.45. The lowest BCUT2D eigenvalue weighted by molar-refractivity contribution is 0.0904. The van der Waals surface area contributed by atoms with Crippen molar-refractivity contribution in [1.29, 1.82) is 0 Å². The molecule has 0 unspecified atom stereocenters. The van der Waals surface area contributed by atoms with E-state index in [4.69, 9.17) is 4.74 Å². The van der Waals surface area contributed by atoms with E-state index in [2.05, 4.69) is 45.6 Å². The number of aromatic nitrogens is 3. The van der Waals surface area contributed by atoms with E-state index in [9.17, 15) is 0 Å². The van der Waals surface area contributed by atoms with Crippen molar-refractivity contribution in [2.45, 2.75) is 26.4 Å². The van der Waals surface area contributed by atoms with Crippen LogP contribution in [0.15, 0.2) is 36.5 Å². The van der Waals surface area contributed by atoms with Gasteiger partial charge in [0.15, 0.2) is 0 Å². The normalized spacial score (nSPS) is 15.3. The number of rotatable bonds is 5. The Morgan fingerprint density at radius 2 is 2.04 bits per heavy atom. The molecular formula is C19H22N4OS. The summed E-state index contributed by atoms with van der Waals surface area (Å²) in [6, 6.07) is 10.7. The quantitative estimate of drug-likeness (QED) is 0.701. The van der Waals surface area contributed by atoms with Gasteiger partial charge in [0, 0.05) is 36.4 Å². The van der Waals surface area contributed by atoms with Crippen molar-refractivity contribution in [3.63, 3.8) is 0 Å². The number of benzene rings is 1. The minimum atomic E-state index is 0.496. The zero-order chi connectivity index (χ0) is 17.4. The lowest BCUT2D eigenvalue weighted by atomic mass is 10.1. The summed E-state index contributed by atoms with van der Waals surface area (Å²) >= 11 is 1.74. The maximum Gasteiger partial charge on any atom is 0.129 e. The maximum atomic E-state index is 5.45. The summed E-state index contributed by atoms with van der Waals surface area (Å²) in [7, 11) is 1.70. The topological polar surface area (TPSA) is 43.2 Å². The average molecular weight is 354 g/mol. The third-order valence-corrected chi connectivity index (χ3v) is 5.61. The van der Waals surface area contributed by atoms with E-state index in [0.717, 1.165) is 41.6 Å². The number of nitrogens with zero attached hydrogens (tertiary/aromatic N) is 4. The zero-order valence-electron chi connectivity index (χ0n) is 14.8. The van der Waals surface area contributed by atoms with Crippen LogP contribution < -0.4 is 4.74 Å². The first kappa shape index (κ1) is 16.3. The van der Waals surface area contributed by atoms with Gasteiger partial charge < -0.3 is 4.74 Å². The molecule has 3 aromatic rings. The molecule has 0 spiro atoms. The zero-order valence-corrected chi connectivity index (χ0v) is 15.6. The largest absolute Gasteiger partial charge is 0.496 e. The van der Waals surface area contributed by atoms with Gasteiger partial charge in [0.2, 0.25) is 0 Å². The van der Waals surface area contributed by atoms with Crippen LogP contribution in [0.25, 0.3) is 10.6 Å². The predicted molar refractivity (Wildman–Crippen MR) is 100 cm³/mol. The minimum absolute atomic E-state index is 0.496. The fraction of sp³-hybridized carbons (Fsp3) is 0.368. The Labute approximate surface area is 151 Å². The van der Waals surface area contributed by atoms with E-state index in [1.54, 1.807) is 18.4 Å². The Balaban J connectivity index is 1.41. The smallest absolute Gasteiger partial charge is 0.129 e. The monoisotopic (exact) mass is 354 g/mol. The van der Waals surface area contributed by atoms with Crippen LogP contribution in [0.4, 0.5) is 0 Å². The first-order valence-corrected chi connectivity index (χ1v) is 9.29. The molecule has 4 rings (SSSR count). The van der Waals surface area contributed by atoms with E-state index in [1.165, 1.54) is 10.6 Å². The van der Waals surface area contributed by atoms with E-state index in [0.29, 0.717) is 6.04 Å². The van der Waals surface area contributed by atoms with Crippen molar-refractivity contribution < 1.29 is 4.74 Å². The second-order valence-corrected chi connectivity index (χ2v) is 7.67. The van der Waals surface area contributed by atoms with Crippen molar-refractivity contribution in [2.75, 3.05) is 20.2 Å². The van der Waals surface area contributed by atoms with Crippen LogP contribution in [-0.2, 0) is 6.54 Å². The van der Waals surface area contributed by atoms with Crippen molar-refractivity contribution in [3.8, 4) is 16.3 Å². The molecule has 25 heavy (non-hydrogen) atoms. The molecule has 0 N–H and O–H groups in total. The summed E-state index contributed by atoms with van der Waals surface area (Å²) in [6.07, 6.45) is 1.99. The van der Waals surface area contributed by atoms with Crippen LogP contribution in [0, 0.1) is 13.8 Å². The Kier molecular flexibility index (Phi) is 4.31. The number of thiazole rings is 1. The summed E-state index contributed by atoms with van der Waals surface area (Å²) in [5.74, 6) is 0.872. The Hall–Kier alpha value is -2.18. The first-order valence-electron chi connectivity index (χ1n) is 8.47.